The van der Waals surface area contributed by atoms with Crippen LogP contribution in [0.25, 0.3) is 0 Å². The van der Waals surface area contributed by atoms with Crippen molar-refractivity contribution in [3.63, 3.8) is 0 Å². The van der Waals surface area contributed by atoms with Gasteiger partial charge in [0.15, 0.2) is 0 Å². The van der Waals surface area contributed by atoms with Gasteiger partial charge in [-0.05, 0) is 19.1 Å². The molecule has 0 radical (unpaired) electrons. The van der Waals surface area contributed by atoms with Crippen molar-refractivity contribution in [3.8, 4) is 18.1 Å². The topological polar surface area (TPSA) is 35.9 Å². The summed E-state index contributed by atoms with van der Waals surface area (Å²) in [7, 11) is 0. The molecule has 21 heavy (non-hydrogen) atoms. The van der Waals surface area contributed by atoms with Gasteiger partial charge in [-0.3, -0.25) is 9.80 Å². The standard InChI is InChI=1S/C17H24N2O2/c1-3-8-18-9-11-19(12-10-18)13-16(20)14-21-17-6-4-15(2)5-7-17/h1,4-7,16,20H,8-14H2,2H3. The van der Waals surface area contributed by atoms with Gasteiger partial charge in [0, 0.05) is 32.7 Å². The summed E-state index contributed by atoms with van der Waals surface area (Å²) in [5.74, 6) is 3.48. The molecule has 0 bridgehead atoms. The van der Waals surface area contributed by atoms with Gasteiger partial charge in [-0.1, -0.05) is 23.6 Å². The van der Waals surface area contributed by atoms with Gasteiger partial charge < -0.3 is 9.84 Å². The van der Waals surface area contributed by atoms with E-state index in [0.29, 0.717) is 19.7 Å². The number of hydrogen-bond donors (Lipinski definition) is 1. The van der Waals surface area contributed by atoms with E-state index in [1.54, 1.807) is 0 Å². The summed E-state index contributed by atoms with van der Waals surface area (Å²) >= 11 is 0. The first-order valence-electron chi connectivity index (χ1n) is 7.43. The minimum atomic E-state index is -0.467. The van der Waals surface area contributed by atoms with Crippen molar-refractivity contribution in [2.45, 2.75) is 13.0 Å². The number of piperazine rings is 1. The molecule has 0 aliphatic carbocycles. The van der Waals surface area contributed by atoms with Gasteiger partial charge >= 0.3 is 0 Å². The zero-order valence-corrected chi connectivity index (χ0v) is 12.7. The summed E-state index contributed by atoms with van der Waals surface area (Å²) in [6.45, 7) is 7.56. The number of hydrogen-bond acceptors (Lipinski definition) is 4. The molecule has 1 N–H and O–H groups in total. The SMILES string of the molecule is C#CCN1CCN(CC(O)COc2ccc(C)cc2)CC1. The molecule has 1 fully saturated rings. The summed E-state index contributed by atoms with van der Waals surface area (Å²) in [5, 5.41) is 10.1. The predicted molar refractivity (Wildman–Crippen MR) is 84.4 cm³/mol. The Morgan fingerprint density at radius 2 is 1.81 bits per heavy atom. The van der Waals surface area contributed by atoms with E-state index < -0.39 is 6.10 Å². The minimum Gasteiger partial charge on any atom is -0.491 e. The summed E-state index contributed by atoms with van der Waals surface area (Å²) in [4.78, 5) is 4.52. The third kappa shape index (κ3) is 5.39. The van der Waals surface area contributed by atoms with E-state index in [1.165, 1.54) is 5.56 Å². The molecule has 114 valence electrons. The zero-order valence-electron chi connectivity index (χ0n) is 12.7. The summed E-state index contributed by atoms with van der Waals surface area (Å²) in [5.41, 5.74) is 1.20. The molecule has 1 aromatic carbocycles. The number of aryl methyl sites for hydroxylation is 1. The van der Waals surface area contributed by atoms with E-state index in [2.05, 4.69) is 15.7 Å². The number of aliphatic hydroxyl groups excluding tert-OH is 1. The maximum absolute atomic E-state index is 10.1. The first kappa shape index (κ1) is 15.8. The molecule has 2 rings (SSSR count). The quantitative estimate of drug-likeness (QED) is 0.792. The van der Waals surface area contributed by atoms with Crippen LogP contribution in [-0.2, 0) is 0 Å². The molecule has 0 amide bonds. The second-order valence-corrected chi connectivity index (χ2v) is 5.56. The largest absolute Gasteiger partial charge is 0.491 e. The van der Waals surface area contributed by atoms with Crippen molar-refractivity contribution >= 4 is 0 Å². The average molecular weight is 288 g/mol. The highest BCUT2D eigenvalue weighted by Crippen LogP contribution is 2.12. The molecule has 1 aliphatic rings. The highest BCUT2D eigenvalue weighted by atomic mass is 16.5. The average Bonchev–Trinajstić information content (AvgIpc) is 2.49. The number of nitrogens with zero attached hydrogens (tertiary/aromatic N) is 2. The van der Waals surface area contributed by atoms with Crippen LogP contribution in [0.4, 0.5) is 0 Å². The Balaban J connectivity index is 1.67. The third-order valence-electron chi connectivity index (χ3n) is 3.71. The Morgan fingerprint density at radius 3 is 2.43 bits per heavy atom. The molecule has 0 aromatic heterocycles. The number of β-amino-alcohol motifs (C(OH)–C–C–N with tert-alkyl or cyclic N) is 1. The third-order valence-corrected chi connectivity index (χ3v) is 3.71. The summed E-state index contributed by atoms with van der Waals surface area (Å²) in [6, 6.07) is 7.88. The van der Waals surface area contributed by atoms with E-state index in [1.807, 2.05) is 31.2 Å². The first-order valence-corrected chi connectivity index (χ1v) is 7.43. The van der Waals surface area contributed by atoms with E-state index in [-0.39, 0.29) is 0 Å². The molecule has 1 heterocycles. The fraction of sp³-hybridized carbons (Fsp3) is 0.529. The van der Waals surface area contributed by atoms with Gasteiger partial charge in [0.2, 0.25) is 0 Å². The molecule has 1 aliphatic heterocycles. The highest BCUT2D eigenvalue weighted by molar-refractivity contribution is 5.26. The van der Waals surface area contributed by atoms with Crippen LogP contribution in [0.2, 0.25) is 0 Å². The van der Waals surface area contributed by atoms with Crippen LogP contribution < -0.4 is 4.74 Å². The fourth-order valence-electron chi connectivity index (χ4n) is 2.44. The molecule has 4 heteroatoms. The van der Waals surface area contributed by atoms with E-state index >= 15 is 0 Å². The molecule has 4 nitrogen and oxygen atoms in total. The van der Waals surface area contributed by atoms with Crippen LogP contribution in [0.3, 0.4) is 0 Å². The Hall–Kier alpha value is -1.54. The normalized spacial score (nSPS) is 18.1. The van der Waals surface area contributed by atoms with Crippen molar-refractivity contribution in [2.75, 3.05) is 45.9 Å². The molecular weight excluding hydrogens is 264 g/mol. The number of aliphatic hydroxyl groups is 1. The van der Waals surface area contributed by atoms with E-state index in [9.17, 15) is 5.11 Å². The molecule has 1 aromatic rings. The number of ether oxygens (including phenoxy) is 1. The number of terminal acetylenes is 1. The summed E-state index contributed by atoms with van der Waals surface area (Å²) in [6.07, 6.45) is 4.85. The molecular formula is C17H24N2O2. The van der Waals surface area contributed by atoms with Crippen LogP contribution in [0.15, 0.2) is 24.3 Å². The molecule has 1 atom stereocenters. The van der Waals surface area contributed by atoms with Gasteiger partial charge in [-0.2, -0.15) is 0 Å². The smallest absolute Gasteiger partial charge is 0.119 e. The Bertz CT molecular complexity index is 459. The Morgan fingerprint density at radius 1 is 1.19 bits per heavy atom. The lowest BCUT2D eigenvalue weighted by Crippen LogP contribution is -2.49. The van der Waals surface area contributed by atoms with Crippen molar-refractivity contribution < 1.29 is 9.84 Å². The van der Waals surface area contributed by atoms with Crippen LogP contribution >= 0.6 is 0 Å². The van der Waals surface area contributed by atoms with Crippen LogP contribution in [0, 0.1) is 19.3 Å². The summed E-state index contributed by atoms with van der Waals surface area (Å²) < 4.78 is 5.61. The highest BCUT2D eigenvalue weighted by Gasteiger charge is 2.18. The lowest BCUT2D eigenvalue weighted by molar-refractivity contribution is 0.0485. The lowest BCUT2D eigenvalue weighted by atomic mass is 10.2. The maximum atomic E-state index is 10.1. The van der Waals surface area contributed by atoms with Crippen molar-refractivity contribution in [1.29, 1.82) is 0 Å². The van der Waals surface area contributed by atoms with Gasteiger partial charge in [0.05, 0.1) is 6.54 Å². The van der Waals surface area contributed by atoms with Gasteiger partial charge in [0.25, 0.3) is 0 Å². The van der Waals surface area contributed by atoms with Crippen LogP contribution in [0.1, 0.15) is 5.56 Å². The molecule has 1 unspecified atom stereocenters. The van der Waals surface area contributed by atoms with Gasteiger partial charge in [0.1, 0.15) is 18.5 Å². The molecule has 0 saturated carbocycles. The second-order valence-electron chi connectivity index (χ2n) is 5.56. The number of rotatable bonds is 6. The fourth-order valence-corrected chi connectivity index (χ4v) is 2.44. The van der Waals surface area contributed by atoms with E-state index in [4.69, 9.17) is 11.2 Å². The molecule has 0 spiro atoms. The Kier molecular flexibility index (Phi) is 6.06. The van der Waals surface area contributed by atoms with Crippen molar-refractivity contribution in [3.05, 3.63) is 29.8 Å². The van der Waals surface area contributed by atoms with E-state index in [0.717, 1.165) is 31.9 Å². The van der Waals surface area contributed by atoms with Gasteiger partial charge in [-0.25, -0.2) is 0 Å². The second kappa shape index (κ2) is 8.04. The lowest BCUT2D eigenvalue weighted by Gasteiger charge is -2.34. The maximum Gasteiger partial charge on any atom is 0.119 e. The predicted octanol–water partition coefficient (Wildman–Crippen LogP) is 0.986. The number of benzene rings is 1. The van der Waals surface area contributed by atoms with Crippen molar-refractivity contribution in [2.24, 2.45) is 0 Å². The minimum absolute atomic E-state index is 0.327. The monoisotopic (exact) mass is 288 g/mol. The zero-order chi connectivity index (χ0) is 15.1. The Labute approximate surface area is 127 Å². The van der Waals surface area contributed by atoms with Crippen molar-refractivity contribution in [1.82, 2.24) is 9.80 Å². The first-order chi connectivity index (χ1) is 10.2. The molecule has 1 saturated heterocycles. The van der Waals surface area contributed by atoms with Crippen LogP contribution in [0.5, 0.6) is 5.75 Å². The van der Waals surface area contributed by atoms with Crippen LogP contribution in [-0.4, -0.2) is 66.9 Å². The van der Waals surface area contributed by atoms with Gasteiger partial charge in [-0.15, -0.1) is 6.42 Å².